The maximum atomic E-state index is 12.8. The van der Waals surface area contributed by atoms with Crippen LogP contribution in [0.5, 0.6) is 0 Å². The number of esters is 2. The van der Waals surface area contributed by atoms with Gasteiger partial charge in [-0.2, -0.15) is 0 Å². The molecule has 0 bridgehead atoms. The summed E-state index contributed by atoms with van der Waals surface area (Å²) in [5.74, 6) is 1.97. The van der Waals surface area contributed by atoms with Crippen LogP contribution in [-0.4, -0.2) is 80.0 Å². The molecule has 0 aromatic carbocycles. The van der Waals surface area contributed by atoms with Crippen molar-refractivity contribution in [3.8, 4) is 0 Å². The highest BCUT2D eigenvalue weighted by Crippen LogP contribution is 2.25. The molecule has 0 unspecified atom stereocenters. The summed E-state index contributed by atoms with van der Waals surface area (Å²) in [7, 11) is 0. The molecule has 378 valence electrons. The molecule has 0 aliphatic carbocycles. The van der Waals surface area contributed by atoms with Crippen molar-refractivity contribution in [1.82, 2.24) is 9.80 Å². The molecule has 64 heavy (non-hydrogen) atoms. The molecule has 0 amide bonds. The third kappa shape index (κ3) is 39.7. The summed E-state index contributed by atoms with van der Waals surface area (Å²) >= 11 is 0. The Morgan fingerprint density at radius 2 is 0.766 bits per heavy atom. The van der Waals surface area contributed by atoms with Crippen molar-refractivity contribution in [2.24, 2.45) is 11.8 Å². The predicted octanol–water partition coefficient (Wildman–Crippen LogP) is 16.2. The Kier molecular flexibility index (Phi) is 44.1. The van der Waals surface area contributed by atoms with Gasteiger partial charge in [-0.05, 0) is 102 Å². The number of nitrogens with zero attached hydrogens (tertiary/aromatic N) is 2. The first-order chi connectivity index (χ1) is 31.4. The predicted molar refractivity (Wildman–Crippen MR) is 274 cm³/mol. The molecule has 7 nitrogen and oxygen atoms in total. The lowest BCUT2D eigenvalue weighted by atomic mass is 9.91. The van der Waals surface area contributed by atoms with Crippen LogP contribution in [0.25, 0.3) is 0 Å². The fourth-order valence-electron chi connectivity index (χ4n) is 9.87. The first-order valence-electron chi connectivity index (χ1n) is 28.7. The van der Waals surface area contributed by atoms with Gasteiger partial charge >= 0.3 is 11.9 Å². The maximum Gasteiger partial charge on any atom is 0.305 e. The number of Topliss-reactive ketones (excluding diaryl/α,β-unsaturated/α-hetero) is 1. The van der Waals surface area contributed by atoms with Gasteiger partial charge in [0.15, 0.2) is 0 Å². The van der Waals surface area contributed by atoms with Gasteiger partial charge in [0.25, 0.3) is 0 Å². The molecule has 1 aliphatic rings. The van der Waals surface area contributed by atoms with Gasteiger partial charge in [0.2, 0.25) is 0 Å². The van der Waals surface area contributed by atoms with E-state index in [-0.39, 0.29) is 11.9 Å². The van der Waals surface area contributed by atoms with E-state index in [1.165, 1.54) is 167 Å². The molecular weight excluding hydrogens is 793 g/mol. The molecule has 0 radical (unpaired) electrons. The van der Waals surface area contributed by atoms with Gasteiger partial charge in [-0.1, -0.05) is 195 Å². The van der Waals surface area contributed by atoms with Crippen LogP contribution < -0.4 is 0 Å². The normalized spacial score (nSPS) is 13.2. The fraction of sp³-hybridized carbons (Fsp3) is 0.947. The van der Waals surface area contributed by atoms with Crippen LogP contribution in [0.1, 0.15) is 285 Å². The fourth-order valence-corrected chi connectivity index (χ4v) is 9.87. The van der Waals surface area contributed by atoms with Crippen LogP contribution >= 0.6 is 0 Å². The minimum absolute atomic E-state index is 0.0154. The maximum absolute atomic E-state index is 12.8. The number of hydrogen-bond donors (Lipinski definition) is 0. The van der Waals surface area contributed by atoms with Crippen molar-refractivity contribution in [3.05, 3.63) is 0 Å². The van der Waals surface area contributed by atoms with Crippen molar-refractivity contribution in [2.75, 3.05) is 52.5 Å². The highest BCUT2D eigenvalue weighted by Gasteiger charge is 2.15. The molecule has 0 N–H and O–H groups in total. The molecule has 0 aromatic rings. The largest absolute Gasteiger partial charge is 0.466 e. The van der Waals surface area contributed by atoms with E-state index in [0.717, 1.165) is 115 Å². The monoisotopic (exact) mass is 903 g/mol. The first-order valence-corrected chi connectivity index (χ1v) is 28.7. The Morgan fingerprint density at radius 1 is 0.406 bits per heavy atom. The van der Waals surface area contributed by atoms with Gasteiger partial charge in [-0.25, -0.2) is 0 Å². The lowest BCUT2D eigenvalue weighted by Crippen LogP contribution is -2.29. The topological polar surface area (TPSA) is 76.1 Å². The Morgan fingerprint density at radius 3 is 1.17 bits per heavy atom. The van der Waals surface area contributed by atoms with Crippen LogP contribution in [0.2, 0.25) is 0 Å². The molecule has 1 saturated heterocycles. The van der Waals surface area contributed by atoms with E-state index in [1.54, 1.807) is 0 Å². The minimum atomic E-state index is -0.0154. The van der Waals surface area contributed by atoms with Crippen molar-refractivity contribution in [1.29, 1.82) is 0 Å². The summed E-state index contributed by atoms with van der Waals surface area (Å²) < 4.78 is 11.3. The van der Waals surface area contributed by atoms with E-state index >= 15 is 0 Å². The smallest absolute Gasteiger partial charge is 0.305 e. The van der Waals surface area contributed by atoms with Gasteiger partial charge in [0.05, 0.1) is 13.2 Å². The van der Waals surface area contributed by atoms with E-state index in [0.29, 0.717) is 44.7 Å². The molecule has 0 aromatic heterocycles. The van der Waals surface area contributed by atoms with Crippen LogP contribution in [0.3, 0.4) is 0 Å². The lowest BCUT2D eigenvalue weighted by Gasteiger charge is -2.22. The summed E-state index contributed by atoms with van der Waals surface area (Å²) in [4.78, 5) is 42.8. The zero-order chi connectivity index (χ0) is 46.4. The second kappa shape index (κ2) is 46.6. The van der Waals surface area contributed by atoms with Crippen LogP contribution in [0, 0.1) is 11.8 Å². The van der Waals surface area contributed by atoms with E-state index in [1.807, 2.05) is 0 Å². The summed E-state index contributed by atoms with van der Waals surface area (Å²) in [5, 5.41) is 0. The standard InChI is InChI=1S/C57H110N2O5/c1-5-9-13-23-35-53(36-24-14-10-6-2)39-33-51-63-56(61)41-27-19-17-21-29-45-58(49-43-55(60)44-50-59-47-31-32-48-59)46-30-22-18-20-28-42-57(62)64-52-34-40-54(37-25-15-11-7-3)38-26-16-12-8-4/h53-54H,5-52H2,1-4H3. The van der Waals surface area contributed by atoms with Gasteiger partial charge in [0, 0.05) is 38.8 Å². The second-order valence-electron chi connectivity index (χ2n) is 20.3. The summed E-state index contributed by atoms with van der Waals surface area (Å²) in [6, 6.07) is 0. The molecular formula is C57H110N2O5. The van der Waals surface area contributed by atoms with Crippen LogP contribution in [0.4, 0.5) is 0 Å². The van der Waals surface area contributed by atoms with Gasteiger partial charge in [-0.15, -0.1) is 0 Å². The number of unbranched alkanes of at least 4 members (excludes halogenated alkanes) is 20. The number of likely N-dealkylation sites (tertiary alicyclic amines) is 1. The van der Waals surface area contributed by atoms with E-state index in [2.05, 4.69) is 37.5 Å². The number of rotatable bonds is 50. The van der Waals surface area contributed by atoms with Crippen LogP contribution in [0.15, 0.2) is 0 Å². The van der Waals surface area contributed by atoms with E-state index in [9.17, 15) is 14.4 Å². The average molecular weight is 904 g/mol. The Labute approximate surface area is 398 Å². The first kappa shape index (κ1) is 60.5. The van der Waals surface area contributed by atoms with E-state index < -0.39 is 0 Å². The van der Waals surface area contributed by atoms with Gasteiger partial charge < -0.3 is 19.3 Å². The highest BCUT2D eigenvalue weighted by atomic mass is 16.5. The molecule has 1 aliphatic heterocycles. The third-order valence-corrected chi connectivity index (χ3v) is 14.2. The van der Waals surface area contributed by atoms with E-state index in [4.69, 9.17) is 9.47 Å². The number of carbonyl (C=O) groups is 3. The highest BCUT2D eigenvalue weighted by molar-refractivity contribution is 5.78. The zero-order valence-electron chi connectivity index (χ0n) is 43.5. The van der Waals surface area contributed by atoms with Crippen molar-refractivity contribution in [2.45, 2.75) is 285 Å². The molecule has 1 rings (SSSR count). The quantitative estimate of drug-likeness (QED) is 0.0445. The summed E-state index contributed by atoms with van der Waals surface area (Å²) in [6.45, 7) is 16.5. The summed E-state index contributed by atoms with van der Waals surface area (Å²) in [6.07, 6.45) is 47.1. The zero-order valence-corrected chi connectivity index (χ0v) is 43.5. The molecule has 0 atom stereocenters. The third-order valence-electron chi connectivity index (χ3n) is 14.2. The average Bonchev–Trinajstić information content (AvgIpc) is 3.83. The number of carbonyl (C=O) groups excluding carboxylic acids is 3. The lowest BCUT2D eigenvalue weighted by molar-refractivity contribution is -0.144. The Balaban J connectivity index is 2.29. The second-order valence-corrected chi connectivity index (χ2v) is 20.3. The molecule has 7 heteroatoms. The number of ketones is 1. The molecule has 1 heterocycles. The number of hydrogen-bond acceptors (Lipinski definition) is 7. The van der Waals surface area contributed by atoms with Crippen LogP contribution in [-0.2, 0) is 23.9 Å². The van der Waals surface area contributed by atoms with Crippen molar-refractivity contribution < 1.29 is 23.9 Å². The molecule has 0 saturated carbocycles. The van der Waals surface area contributed by atoms with Crippen molar-refractivity contribution in [3.63, 3.8) is 0 Å². The van der Waals surface area contributed by atoms with Crippen molar-refractivity contribution >= 4 is 17.7 Å². The Hall–Kier alpha value is -1.47. The number of ether oxygens (including phenoxy) is 2. The SMILES string of the molecule is CCCCCCC(CCCCCC)CCCOC(=O)CCCCCCCN(CCCCCCCC(=O)OCCCC(CCCCCC)CCCCCC)CCC(=O)CCN1CCCC1. The molecule has 0 spiro atoms. The minimum Gasteiger partial charge on any atom is -0.466 e. The Bertz CT molecular complexity index is 945. The summed E-state index contributed by atoms with van der Waals surface area (Å²) in [5.41, 5.74) is 0. The van der Waals surface area contributed by atoms with Gasteiger partial charge in [0.1, 0.15) is 5.78 Å². The van der Waals surface area contributed by atoms with Gasteiger partial charge in [-0.3, -0.25) is 14.4 Å². The molecule has 1 fully saturated rings.